The predicted molar refractivity (Wildman–Crippen MR) is 95.3 cm³/mol. The molecule has 0 aliphatic carbocycles. The zero-order chi connectivity index (χ0) is 15.6. The molecule has 0 amide bonds. The number of ketones is 1. The van der Waals surface area contributed by atoms with Crippen LogP contribution in [0.5, 0.6) is 0 Å². The molecule has 4 nitrogen and oxygen atoms in total. The van der Waals surface area contributed by atoms with E-state index in [4.69, 9.17) is 12.2 Å². The van der Waals surface area contributed by atoms with E-state index >= 15 is 0 Å². The first-order valence-corrected chi connectivity index (χ1v) is 10.4. The number of benzene rings is 1. The van der Waals surface area contributed by atoms with Gasteiger partial charge in [-0.3, -0.25) is 9.13 Å². The predicted octanol–water partition coefficient (Wildman–Crippen LogP) is 3.47. The standard InChI is InChI=1S/C14H18N3OPS2/c1-11(18)13(9-12-7-5-4-6-8-12)17-14(20)16(10-15-17)19(2,3)21/h4-8,10,13,21H,2,9H2,1,3H3. The van der Waals surface area contributed by atoms with Gasteiger partial charge in [-0.2, -0.15) is 5.10 Å². The number of rotatable bonds is 5. The van der Waals surface area contributed by atoms with Gasteiger partial charge in [0.2, 0.25) is 4.77 Å². The Labute approximate surface area is 135 Å². The maximum absolute atomic E-state index is 12.0. The van der Waals surface area contributed by atoms with Gasteiger partial charge >= 0.3 is 0 Å². The van der Waals surface area contributed by atoms with Crippen LogP contribution in [0, 0.1) is 4.77 Å². The van der Waals surface area contributed by atoms with E-state index in [2.05, 4.69) is 23.6 Å². The molecule has 0 saturated carbocycles. The molecule has 1 aromatic carbocycles. The number of carbonyl (C=O) groups is 1. The molecule has 2 unspecified atom stereocenters. The van der Waals surface area contributed by atoms with Gasteiger partial charge in [-0.25, -0.2) is 4.68 Å². The first kappa shape index (κ1) is 16.3. The molecule has 21 heavy (non-hydrogen) atoms. The summed E-state index contributed by atoms with van der Waals surface area (Å²) < 4.78 is 3.88. The first-order valence-electron chi connectivity index (χ1n) is 6.45. The maximum Gasteiger partial charge on any atom is 0.202 e. The maximum atomic E-state index is 12.0. The summed E-state index contributed by atoms with van der Waals surface area (Å²) in [5.41, 5.74) is 1.08. The van der Waals surface area contributed by atoms with Gasteiger partial charge in [-0.15, -0.1) is 12.2 Å². The van der Waals surface area contributed by atoms with Gasteiger partial charge in [0.15, 0.2) is 5.78 Å². The molecule has 0 bridgehead atoms. The van der Waals surface area contributed by atoms with Gasteiger partial charge < -0.3 is 0 Å². The quantitative estimate of drug-likeness (QED) is 0.515. The highest BCUT2D eigenvalue weighted by molar-refractivity contribution is 8.50. The summed E-state index contributed by atoms with van der Waals surface area (Å²) in [7, 11) is 0. The summed E-state index contributed by atoms with van der Waals surface area (Å²) >= 11 is 9.94. The number of Topliss-reactive ketones (excluding diaryl/α,β-unsaturated/α-hetero) is 1. The van der Waals surface area contributed by atoms with Crippen molar-refractivity contribution in [2.24, 2.45) is 0 Å². The third kappa shape index (κ3) is 3.76. The lowest BCUT2D eigenvalue weighted by Crippen LogP contribution is -2.21. The van der Waals surface area contributed by atoms with Crippen LogP contribution in [0.2, 0.25) is 0 Å². The minimum absolute atomic E-state index is 0.0310. The minimum atomic E-state index is -1.87. The van der Waals surface area contributed by atoms with Crippen LogP contribution < -0.4 is 0 Å². The SMILES string of the molecule is C=P(C)(S)n1cnn(C(Cc2ccccc2)C(C)=O)c1=S. The molecule has 1 heterocycles. The van der Waals surface area contributed by atoms with Gasteiger partial charge in [0.05, 0.1) is 0 Å². The van der Waals surface area contributed by atoms with Gasteiger partial charge in [-0.05, 0) is 31.4 Å². The molecule has 0 fully saturated rings. The largest absolute Gasteiger partial charge is 0.298 e. The van der Waals surface area contributed by atoms with E-state index in [9.17, 15) is 4.79 Å². The second kappa shape index (κ2) is 6.34. The summed E-state index contributed by atoms with van der Waals surface area (Å²) in [6, 6.07) is 9.45. The molecule has 0 N–H and O–H groups in total. The normalized spacial score (nSPS) is 15.4. The van der Waals surface area contributed by atoms with Crippen molar-refractivity contribution in [2.75, 3.05) is 6.66 Å². The molecule has 0 aliphatic rings. The summed E-state index contributed by atoms with van der Waals surface area (Å²) in [6.07, 6.45) is 4.35. The van der Waals surface area contributed by atoms with Crippen molar-refractivity contribution in [1.29, 1.82) is 0 Å². The number of hydrogen-bond acceptors (Lipinski definition) is 4. The van der Waals surface area contributed by atoms with Crippen molar-refractivity contribution in [2.45, 2.75) is 19.4 Å². The Kier molecular flexibility index (Phi) is 4.91. The molecule has 0 aliphatic heterocycles. The third-order valence-corrected chi connectivity index (χ3v) is 5.50. The third-order valence-electron chi connectivity index (χ3n) is 3.18. The van der Waals surface area contributed by atoms with Crippen molar-refractivity contribution in [3.63, 3.8) is 0 Å². The van der Waals surface area contributed by atoms with Gasteiger partial charge in [-0.1, -0.05) is 36.6 Å². The number of aromatic nitrogens is 3. The Hall–Kier alpha value is -1.10. The van der Waals surface area contributed by atoms with Crippen molar-refractivity contribution in [1.82, 2.24) is 14.1 Å². The Morgan fingerprint density at radius 2 is 2.10 bits per heavy atom. The average Bonchev–Trinajstić information content (AvgIpc) is 2.78. The number of nitrogens with zero attached hydrogens (tertiary/aromatic N) is 3. The van der Waals surface area contributed by atoms with E-state index in [0.717, 1.165) is 5.56 Å². The smallest absolute Gasteiger partial charge is 0.202 e. The lowest BCUT2D eigenvalue weighted by Gasteiger charge is -2.16. The molecule has 2 aromatic rings. The lowest BCUT2D eigenvalue weighted by molar-refractivity contribution is -0.120. The van der Waals surface area contributed by atoms with E-state index in [1.165, 1.54) is 0 Å². The molecule has 2 rings (SSSR count). The fourth-order valence-electron chi connectivity index (χ4n) is 2.06. The molecule has 0 saturated heterocycles. The molecule has 0 radical (unpaired) electrons. The zero-order valence-electron chi connectivity index (χ0n) is 12.0. The van der Waals surface area contributed by atoms with Gasteiger partial charge in [0, 0.05) is 12.7 Å². The molecule has 0 spiro atoms. The lowest BCUT2D eigenvalue weighted by atomic mass is 10.0. The fraction of sp³-hybridized carbons (Fsp3) is 0.286. The van der Waals surface area contributed by atoms with Crippen LogP contribution in [0.25, 0.3) is 0 Å². The Morgan fingerprint density at radius 1 is 1.48 bits per heavy atom. The van der Waals surface area contributed by atoms with Gasteiger partial charge in [0.25, 0.3) is 0 Å². The highest BCUT2D eigenvalue weighted by atomic mass is 32.7. The molecular weight excluding hydrogens is 321 g/mol. The van der Waals surface area contributed by atoms with Crippen LogP contribution in [-0.2, 0) is 11.2 Å². The van der Waals surface area contributed by atoms with Crippen LogP contribution in [0.4, 0.5) is 0 Å². The van der Waals surface area contributed by atoms with Gasteiger partial charge in [0.1, 0.15) is 12.4 Å². The Bertz CT molecular complexity index is 745. The minimum Gasteiger partial charge on any atom is -0.298 e. The topological polar surface area (TPSA) is 39.8 Å². The number of carbonyl (C=O) groups excluding carboxylic acids is 1. The van der Waals surface area contributed by atoms with E-state index in [1.54, 1.807) is 22.3 Å². The molecule has 1 aromatic heterocycles. The highest BCUT2D eigenvalue weighted by Gasteiger charge is 2.21. The van der Waals surface area contributed by atoms with E-state index < -0.39 is 12.3 Å². The molecular formula is C14H18N3OPS2. The van der Waals surface area contributed by atoms with Crippen LogP contribution in [0.1, 0.15) is 18.5 Å². The summed E-state index contributed by atoms with van der Waals surface area (Å²) in [5.74, 6) is 0.0310. The highest BCUT2D eigenvalue weighted by Crippen LogP contribution is 2.47. The Morgan fingerprint density at radius 3 is 2.57 bits per heavy atom. The van der Waals surface area contributed by atoms with Crippen molar-refractivity contribution < 1.29 is 4.79 Å². The summed E-state index contributed by atoms with van der Waals surface area (Å²) in [5, 5.41) is 4.29. The number of hydrogen-bond donors (Lipinski definition) is 1. The monoisotopic (exact) mass is 339 g/mol. The van der Waals surface area contributed by atoms with Crippen molar-refractivity contribution in [3.05, 3.63) is 47.0 Å². The van der Waals surface area contributed by atoms with E-state index in [0.29, 0.717) is 11.2 Å². The molecule has 2 atom stereocenters. The van der Waals surface area contributed by atoms with Crippen LogP contribution in [0.3, 0.4) is 0 Å². The van der Waals surface area contributed by atoms with Crippen LogP contribution in [0.15, 0.2) is 36.7 Å². The zero-order valence-corrected chi connectivity index (χ0v) is 14.6. The number of thiol groups is 1. The van der Waals surface area contributed by atoms with E-state index in [-0.39, 0.29) is 5.78 Å². The Balaban J connectivity index is 2.41. The van der Waals surface area contributed by atoms with E-state index in [1.807, 2.05) is 37.0 Å². The van der Waals surface area contributed by atoms with Crippen LogP contribution in [-0.4, -0.2) is 32.9 Å². The first-order chi connectivity index (χ1) is 9.80. The second-order valence-corrected chi connectivity index (χ2v) is 10.7. The molecule has 7 heteroatoms. The average molecular weight is 339 g/mol. The van der Waals surface area contributed by atoms with Crippen LogP contribution >= 0.6 is 30.7 Å². The van der Waals surface area contributed by atoms with Crippen molar-refractivity contribution in [3.8, 4) is 0 Å². The summed E-state index contributed by atoms with van der Waals surface area (Å²) in [4.78, 5) is 12.0. The fourth-order valence-corrected chi connectivity index (χ4v) is 4.12. The summed E-state index contributed by atoms with van der Waals surface area (Å²) in [6.45, 7) is 3.49. The molecule has 112 valence electrons. The second-order valence-electron chi connectivity index (χ2n) is 5.11. The van der Waals surface area contributed by atoms with Crippen molar-refractivity contribution >= 4 is 42.8 Å².